The van der Waals surface area contributed by atoms with Crippen molar-refractivity contribution >= 4 is 23.4 Å². The van der Waals surface area contributed by atoms with Crippen molar-refractivity contribution in [3.63, 3.8) is 0 Å². The quantitative estimate of drug-likeness (QED) is 0.561. The van der Waals surface area contributed by atoms with E-state index in [1.54, 1.807) is 56.7 Å². The lowest BCUT2D eigenvalue weighted by Crippen LogP contribution is -2.13. The Morgan fingerprint density at radius 2 is 1.90 bits per heavy atom. The second-order valence-electron chi connectivity index (χ2n) is 5.81. The van der Waals surface area contributed by atoms with Gasteiger partial charge in [-0.3, -0.25) is 4.79 Å². The summed E-state index contributed by atoms with van der Waals surface area (Å²) in [5.74, 6) is 1.39. The van der Waals surface area contributed by atoms with Crippen LogP contribution in [0.3, 0.4) is 0 Å². The zero-order valence-corrected chi connectivity index (χ0v) is 16.7. The number of hydrogen-bond acceptors (Lipinski definition) is 8. The van der Waals surface area contributed by atoms with Crippen LogP contribution in [-0.2, 0) is 11.2 Å². The fraction of sp³-hybridized carbons (Fsp3) is 0.200. The van der Waals surface area contributed by atoms with Crippen molar-refractivity contribution in [3.05, 3.63) is 48.0 Å². The van der Waals surface area contributed by atoms with Crippen molar-refractivity contribution in [2.45, 2.75) is 11.6 Å². The van der Waals surface area contributed by atoms with Crippen molar-refractivity contribution < 1.29 is 18.7 Å². The number of hydrogen-bond donors (Lipinski definition) is 1. The summed E-state index contributed by atoms with van der Waals surface area (Å²) in [7, 11) is 3.11. The lowest BCUT2D eigenvalue weighted by molar-refractivity contribution is -0.113. The zero-order chi connectivity index (χ0) is 20.6. The first-order valence-electron chi connectivity index (χ1n) is 8.57. The van der Waals surface area contributed by atoms with E-state index >= 15 is 0 Å². The highest BCUT2D eigenvalue weighted by Crippen LogP contribution is 2.32. The number of carbonyl (C=O) groups is 1. The number of aromatic nitrogens is 2. The van der Waals surface area contributed by atoms with Gasteiger partial charge in [0.1, 0.15) is 0 Å². The number of benzene rings is 2. The molecule has 1 N–H and O–H groups in total. The first-order chi connectivity index (χ1) is 14.1. The van der Waals surface area contributed by atoms with Crippen LogP contribution >= 0.6 is 11.8 Å². The molecule has 0 aliphatic rings. The van der Waals surface area contributed by atoms with Crippen molar-refractivity contribution in [1.82, 2.24) is 10.2 Å². The van der Waals surface area contributed by atoms with E-state index in [1.807, 2.05) is 0 Å². The molecule has 0 aliphatic heterocycles. The molecule has 3 rings (SSSR count). The van der Waals surface area contributed by atoms with Crippen LogP contribution in [-0.4, -0.2) is 36.1 Å². The highest BCUT2D eigenvalue weighted by atomic mass is 32.2. The largest absolute Gasteiger partial charge is 0.493 e. The Hall–Kier alpha value is -3.51. The van der Waals surface area contributed by atoms with Gasteiger partial charge in [-0.15, -0.1) is 10.2 Å². The predicted molar refractivity (Wildman–Crippen MR) is 108 cm³/mol. The topological polar surface area (TPSA) is 110 Å². The summed E-state index contributed by atoms with van der Waals surface area (Å²) in [5.41, 5.74) is 2.24. The maximum absolute atomic E-state index is 12.1. The molecule has 0 saturated heterocycles. The third-order valence-electron chi connectivity index (χ3n) is 3.88. The number of thioether (sulfide) groups is 1. The Morgan fingerprint density at radius 1 is 1.14 bits per heavy atom. The average molecular weight is 410 g/mol. The van der Waals surface area contributed by atoms with Gasteiger partial charge in [0.25, 0.3) is 5.22 Å². The van der Waals surface area contributed by atoms with Gasteiger partial charge in [-0.1, -0.05) is 23.9 Å². The first kappa shape index (κ1) is 20.2. The standard InChI is InChI=1S/C20H18N4O4S/c1-26-16-8-5-14(11-17(16)27-2)19-23-24-20(28-19)29-12-18(25)22-15-6-3-13(4-7-15)9-10-21/h3-8,11H,9,12H2,1-2H3,(H,22,25). The van der Waals surface area contributed by atoms with Gasteiger partial charge in [0.05, 0.1) is 32.5 Å². The van der Waals surface area contributed by atoms with Gasteiger partial charge < -0.3 is 19.2 Å². The Balaban J connectivity index is 1.57. The van der Waals surface area contributed by atoms with Crippen LogP contribution in [0.2, 0.25) is 0 Å². The molecule has 1 amide bonds. The van der Waals surface area contributed by atoms with E-state index in [-0.39, 0.29) is 16.9 Å². The number of nitrogens with zero attached hydrogens (tertiary/aromatic N) is 3. The molecule has 148 valence electrons. The van der Waals surface area contributed by atoms with Crippen LogP contribution in [0.5, 0.6) is 11.5 Å². The number of nitriles is 1. The highest BCUT2D eigenvalue weighted by molar-refractivity contribution is 7.99. The fourth-order valence-electron chi connectivity index (χ4n) is 2.48. The van der Waals surface area contributed by atoms with E-state index in [4.69, 9.17) is 19.2 Å². The highest BCUT2D eigenvalue weighted by Gasteiger charge is 2.14. The Kier molecular flexibility index (Phi) is 6.71. The minimum atomic E-state index is -0.200. The molecule has 0 atom stereocenters. The summed E-state index contributed by atoms with van der Waals surface area (Å²) in [6.07, 6.45) is 0.337. The molecule has 0 aliphatic carbocycles. The number of rotatable bonds is 8. The molecule has 0 fully saturated rings. The summed E-state index contributed by atoms with van der Waals surface area (Å²) in [6.45, 7) is 0. The maximum Gasteiger partial charge on any atom is 0.277 e. The first-order valence-corrected chi connectivity index (χ1v) is 9.56. The molecular formula is C20H18N4O4S. The molecular weight excluding hydrogens is 392 g/mol. The molecule has 0 spiro atoms. The lowest BCUT2D eigenvalue weighted by atomic mass is 10.1. The number of amides is 1. The summed E-state index contributed by atoms with van der Waals surface area (Å²) in [5, 5.41) is 19.7. The van der Waals surface area contributed by atoms with Gasteiger partial charge in [-0.2, -0.15) is 5.26 Å². The van der Waals surface area contributed by atoms with Gasteiger partial charge in [0.2, 0.25) is 11.8 Å². The van der Waals surface area contributed by atoms with Crippen LogP contribution in [0.1, 0.15) is 5.56 Å². The van der Waals surface area contributed by atoms with Crippen LogP contribution in [0.15, 0.2) is 52.1 Å². The van der Waals surface area contributed by atoms with Gasteiger partial charge in [-0.25, -0.2) is 0 Å². The van der Waals surface area contributed by atoms with Crippen molar-refractivity contribution in [3.8, 4) is 29.0 Å². The van der Waals surface area contributed by atoms with E-state index in [0.717, 1.165) is 17.3 Å². The van der Waals surface area contributed by atoms with Gasteiger partial charge in [-0.05, 0) is 35.9 Å². The molecule has 1 heterocycles. The molecule has 1 aromatic heterocycles. The molecule has 0 unspecified atom stereocenters. The second kappa shape index (κ2) is 9.61. The number of anilines is 1. The molecule has 9 heteroatoms. The molecule has 0 bridgehead atoms. The van der Waals surface area contributed by atoms with Gasteiger partial charge >= 0.3 is 0 Å². The predicted octanol–water partition coefficient (Wildman–Crippen LogP) is 3.55. The van der Waals surface area contributed by atoms with Gasteiger partial charge in [0, 0.05) is 11.3 Å². The van der Waals surface area contributed by atoms with Crippen LogP contribution in [0.25, 0.3) is 11.5 Å². The van der Waals surface area contributed by atoms with Crippen molar-refractivity contribution in [2.24, 2.45) is 0 Å². The maximum atomic E-state index is 12.1. The van der Waals surface area contributed by atoms with E-state index < -0.39 is 0 Å². The summed E-state index contributed by atoms with van der Waals surface area (Å²) < 4.78 is 16.1. The summed E-state index contributed by atoms with van der Waals surface area (Å²) in [4.78, 5) is 12.1. The number of ether oxygens (including phenoxy) is 2. The van der Waals surface area contributed by atoms with Crippen molar-refractivity contribution in [2.75, 3.05) is 25.3 Å². The average Bonchev–Trinajstić information content (AvgIpc) is 3.22. The van der Waals surface area contributed by atoms with E-state index in [2.05, 4.69) is 21.6 Å². The Bertz CT molecular complexity index is 1030. The second-order valence-corrected chi connectivity index (χ2v) is 6.74. The lowest BCUT2D eigenvalue weighted by Gasteiger charge is -2.07. The molecule has 8 nitrogen and oxygen atoms in total. The van der Waals surface area contributed by atoms with Crippen LogP contribution in [0.4, 0.5) is 5.69 Å². The summed E-state index contributed by atoms with van der Waals surface area (Å²) in [6, 6.07) is 14.5. The molecule has 0 radical (unpaired) electrons. The number of methoxy groups -OCH3 is 2. The van der Waals surface area contributed by atoms with E-state index in [9.17, 15) is 4.79 Å². The Morgan fingerprint density at radius 3 is 2.59 bits per heavy atom. The zero-order valence-electron chi connectivity index (χ0n) is 15.8. The van der Waals surface area contributed by atoms with Gasteiger partial charge in [0.15, 0.2) is 11.5 Å². The van der Waals surface area contributed by atoms with Crippen molar-refractivity contribution in [1.29, 1.82) is 5.26 Å². The monoisotopic (exact) mass is 410 g/mol. The normalized spacial score (nSPS) is 10.2. The van der Waals surface area contributed by atoms with Crippen LogP contribution in [0, 0.1) is 11.3 Å². The Labute approximate surface area is 171 Å². The van der Waals surface area contributed by atoms with E-state index in [1.165, 1.54) is 0 Å². The minimum Gasteiger partial charge on any atom is -0.493 e. The third-order valence-corrected chi connectivity index (χ3v) is 4.70. The minimum absolute atomic E-state index is 0.119. The smallest absolute Gasteiger partial charge is 0.277 e. The number of nitrogens with one attached hydrogen (secondary N) is 1. The molecule has 2 aromatic carbocycles. The molecule has 0 saturated carbocycles. The number of carbonyl (C=O) groups excluding carboxylic acids is 1. The van der Waals surface area contributed by atoms with Crippen LogP contribution < -0.4 is 14.8 Å². The molecule has 3 aromatic rings. The summed E-state index contributed by atoms with van der Waals surface area (Å²) >= 11 is 1.14. The van der Waals surface area contributed by atoms with E-state index in [0.29, 0.717) is 35.1 Å². The third kappa shape index (κ3) is 5.27. The SMILES string of the molecule is COc1ccc(-c2nnc(SCC(=O)Nc3ccc(CC#N)cc3)o2)cc1OC. The molecule has 29 heavy (non-hydrogen) atoms. The fourth-order valence-corrected chi connectivity index (χ4v) is 3.04.